The Morgan fingerprint density at radius 3 is 2.07 bits per heavy atom. The molecule has 5 aromatic carbocycles. The van der Waals surface area contributed by atoms with E-state index in [0.717, 1.165) is 22.5 Å². The molecule has 0 N–H and O–H groups in total. The molecule has 0 bridgehead atoms. The Balaban J connectivity index is 1.34. The van der Waals surface area contributed by atoms with Crippen molar-refractivity contribution in [1.29, 1.82) is 0 Å². The van der Waals surface area contributed by atoms with Gasteiger partial charge in [0.25, 0.3) is 0 Å². The molecule has 0 radical (unpaired) electrons. The van der Waals surface area contributed by atoms with E-state index in [1.54, 1.807) is 6.08 Å². The van der Waals surface area contributed by atoms with Crippen LogP contribution in [0.4, 0.5) is 0 Å². The third-order valence-corrected chi connectivity index (χ3v) is 10.00. The Labute approximate surface area is 268 Å². The Kier molecular flexibility index (Phi) is 5.55. The molecule has 0 amide bonds. The van der Waals surface area contributed by atoms with Gasteiger partial charge in [-0.15, -0.1) is 0 Å². The zero-order chi connectivity index (χ0) is 31.2. The Bertz CT molecular complexity index is 2580. The van der Waals surface area contributed by atoms with E-state index in [1.165, 1.54) is 60.9 Å². The minimum absolute atomic E-state index is 0.0764. The van der Waals surface area contributed by atoms with Crippen molar-refractivity contribution < 1.29 is 0 Å². The van der Waals surface area contributed by atoms with Gasteiger partial charge in [-0.3, -0.25) is 13.5 Å². The van der Waals surface area contributed by atoms with Gasteiger partial charge in [-0.2, -0.15) is 0 Å². The number of aromatic nitrogens is 3. The van der Waals surface area contributed by atoms with E-state index in [-0.39, 0.29) is 5.41 Å². The topological polar surface area (TPSA) is 14.3 Å². The Morgan fingerprint density at radius 1 is 0.609 bits per heavy atom. The van der Waals surface area contributed by atoms with Crippen molar-refractivity contribution in [3.8, 4) is 22.5 Å². The first-order valence-electron chi connectivity index (χ1n) is 15.9. The molecule has 9 rings (SSSR count). The summed E-state index contributed by atoms with van der Waals surface area (Å²) < 4.78 is 7.29. The zero-order valence-corrected chi connectivity index (χ0v) is 26.0. The summed E-state index contributed by atoms with van der Waals surface area (Å²) in [5, 5.41) is 2.49. The van der Waals surface area contributed by atoms with Crippen molar-refractivity contribution in [2.24, 2.45) is 0 Å². The highest BCUT2D eigenvalue weighted by Gasteiger charge is 2.35. The third kappa shape index (κ3) is 3.48. The number of benzene rings is 5. The smallest absolute Gasteiger partial charge is 0.132 e. The predicted molar refractivity (Wildman–Crippen MR) is 195 cm³/mol. The summed E-state index contributed by atoms with van der Waals surface area (Å²) in [4.78, 5) is 0. The van der Waals surface area contributed by atoms with Crippen molar-refractivity contribution in [2.75, 3.05) is 0 Å². The lowest BCUT2D eigenvalue weighted by molar-refractivity contribution is 0.660. The van der Waals surface area contributed by atoms with Gasteiger partial charge in [0, 0.05) is 27.6 Å². The normalized spacial score (nSPS) is 13.9. The highest BCUT2D eigenvalue weighted by atomic mass is 15.2. The lowest BCUT2D eigenvalue weighted by atomic mass is 9.82. The maximum Gasteiger partial charge on any atom is 0.132 e. The molecule has 8 aromatic rings. The highest BCUT2D eigenvalue weighted by molar-refractivity contribution is 6.12. The van der Waals surface area contributed by atoms with Gasteiger partial charge in [0.1, 0.15) is 11.3 Å². The summed E-state index contributed by atoms with van der Waals surface area (Å²) in [7, 11) is 0. The second-order valence-corrected chi connectivity index (χ2v) is 12.8. The second kappa shape index (κ2) is 9.60. The number of imidazole rings is 1. The van der Waals surface area contributed by atoms with Crippen LogP contribution in [0.1, 0.15) is 30.5 Å². The van der Waals surface area contributed by atoms with Gasteiger partial charge in [-0.25, -0.2) is 0 Å². The van der Waals surface area contributed by atoms with E-state index >= 15 is 0 Å². The molecule has 3 heterocycles. The Hall–Kier alpha value is -5.80. The number of para-hydroxylation sites is 3. The molecular formula is C43H33N3. The van der Waals surface area contributed by atoms with Crippen LogP contribution in [-0.2, 0) is 5.41 Å². The van der Waals surface area contributed by atoms with Gasteiger partial charge in [0.2, 0.25) is 0 Å². The van der Waals surface area contributed by atoms with Crippen LogP contribution in [0, 0.1) is 0 Å². The fraction of sp³-hybridized carbons (Fsp3) is 0.0698. The second-order valence-electron chi connectivity index (χ2n) is 12.8. The van der Waals surface area contributed by atoms with E-state index in [4.69, 9.17) is 0 Å². The highest BCUT2D eigenvalue weighted by Crippen LogP contribution is 2.49. The summed E-state index contributed by atoms with van der Waals surface area (Å²) in [6, 6.07) is 44.5. The average Bonchev–Trinajstić information content (AvgIpc) is 3.78. The van der Waals surface area contributed by atoms with Crippen LogP contribution in [-0.4, -0.2) is 13.5 Å². The lowest BCUT2D eigenvalue weighted by Gasteiger charge is -2.22. The van der Waals surface area contributed by atoms with Crippen LogP contribution in [0.3, 0.4) is 0 Å². The quantitative estimate of drug-likeness (QED) is 0.177. The molecule has 0 spiro atoms. The predicted octanol–water partition coefficient (Wildman–Crippen LogP) is 11.0. The number of rotatable bonds is 5. The first-order valence-corrected chi connectivity index (χ1v) is 15.9. The van der Waals surface area contributed by atoms with Crippen LogP contribution in [0.25, 0.3) is 66.7 Å². The van der Waals surface area contributed by atoms with Gasteiger partial charge in [0.15, 0.2) is 0 Å². The van der Waals surface area contributed by atoms with Gasteiger partial charge in [-0.05, 0) is 81.9 Å². The third-order valence-electron chi connectivity index (χ3n) is 10.00. The average molecular weight is 592 g/mol. The molecule has 0 fully saturated rings. The SMILES string of the molecule is C=C/C=C(\C=C)c1ccc(-n2c3ccccc3n3c2cc2c4ccccc4n(-c4ccc5c(c4)C(C)(C)c4ccccc4-5)c23)cc1. The minimum atomic E-state index is -0.0764. The maximum absolute atomic E-state index is 4.00. The van der Waals surface area contributed by atoms with E-state index in [2.05, 4.69) is 162 Å². The molecule has 46 heavy (non-hydrogen) atoms. The van der Waals surface area contributed by atoms with E-state index in [9.17, 15) is 0 Å². The van der Waals surface area contributed by atoms with Crippen molar-refractivity contribution in [3.63, 3.8) is 0 Å². The van der Waals surface area contributed by atoms with Crippen LogP contribution < -0.4 is 0 Å². The molecular weight excluding hydrogens is 558 g/mol. The maximum atomic E-state index is 4.00. The molecule has 0 unspecified atom stereocenters. The van der Waals surface area contributed by atoms with Gasteiger partial charge in [0.05, 0.1) is 16.6 Å². The summed E-state index contributed by atoms with van der Waals surface area (Å²) in [5.74, 6) is 0. The molecule has 3 heteroatoms. The molecule has 1 aliphatic carbocycles. The van der Waals surface area contributed by atoms with Gasteiger partial charge >= 0.3 is 0 Å². The first kappa shape index (κ1) is 26.6. The molecule has 1 aliphatic rings. The van der Waals surface area contributed by atoms with E-state index < -0.39 is 0 Å². The molecule has 3 nitrogen and oxygen atoms in total. The van der Waals surface area contributed by atoms with Crippen molar-refractivity contribution in [2.45, 2.75) is 19.3 Å². The monoisotopic (exact) mass is 591 g/mol. The standard InChI is InChI=1S/C43H33N3/c1-5-13-28(6-2)29-20-22-30(23-21-29)44-39-18-11-12-19-40(39)46-41(44)27-35-34-15-8-10-17-38(34)45(42(35)46)31-24-25-33-32-14-7-9-16-36(32)43(3,4)37(33)26-31/h5-27H,1-2H2,3-4H3/b28-13+. The lowest BCUT2D eigenvalue weighted by Crippen LogP contribution is -2.15. The molecule has 0 saturated heterocycles. The minimum Gasteiger partial charge on any atom is -0.295 e. The van der Waals surface area contributed by atoms with E-state index in [0.29, 0.717) is 0 Å². The summed E-state index contributed by atoms with van der Waals surface area (Å²) in [6.45, 7) is 12.6. The zero-order valence-electron chi connectivity index (χ0n) is 26.0. The van der Waals surface area contributed by atoms with Gasteiger partial charge in [-0.1, -0.05) is 118 Å². The van der Waals surface area contributed by atoms with E-state index in [1.807, 2.05) is 12.2 Å². The largest absolute Gasteiger partial charge is 0.295 e. The first-order chi connectivity index (χ1) is 22.5. The summed E-state index contributed by atoms with van der Waals surface area (Å²) in [6.07, 6.45) is 5.68. The fourth-order valence-corrected chi connectivity index (χ4v) is 7.86. The molecule has 3 aromatic heterocycles. The van der Waals surface area contributed by atoms with Crippen molar-refractivity contribution in [1.82, 2.24) is 13.5 Å². The van der Waals surface area contributed by atoms with Crippen molar-refractivity contribution >= 4 is 44.2 Å². The number of nitrogens with zero attached hydrogens (tertiary/aromatic N) is 3. The molecule has 220 valence electrons. The number of fused-ring (bicyclic) bond motifs is 10. The number of hydrogen-bond acceptors (Lipinski definition) is 0. The molecule has 0 saturated carbocycles. The number of hydrogen-bond donors (Lipinski definition) is 0. The molecule has 0 aliphatic heterocycles. The van der Waals surface area contributed by atoms with Crippen LogP contribution in [0.2, 0.25) is 0 Å². The fourth-order valence-electron chi connectivity index (χ4n) is 7.86. The summed E-state index contributed by atoms with van der Waals surface area (Å²) in [5.41, 5.74) is 15.7. The van der Waals surface area contributed by atoms with Crippen LogP contribution in [0.15, 0.2) is 153 Å². The molecule has 0 atom stereocenters. The van der Waals surface area contributed by atoms with Crippen molar-refractivity contribution in [3.05, 3.63) is 169 Å². The Morgan fingerprint density at radius 2 is 1.28 bits per heavy atom. The van der Waals surface area contributed by atoms with Gasteiger partial charge < -0.3 is 0 Å². The van der Waals surface area contributed by atoms with Crippen LogP contribution in [0.5, 0.6) is 0 Å². The summed E-state index contributed by atoms with van der Waals surface area (Å²) >= 11 is 0. The number of allylic oxidation sites excluding steroid dienone is 4. The van der Waals surface area contributed by atoms with Crippen LogP contribution >= 0.6 is 0 Å².